The third-order valence-corrected chi connectivity index (χ3v) is 4.82. The van der Waals surface area contributed by atoms with Crippen LogP contribution in [0.1, 0.15) is 15.9 Å². The van der Waals surface area contributed by atoms with Gasteiger partial charge in [-0.2, -0.15) is 0 Å². The highest BCUT2D eigenvalue weighted by atomic mass is 35.5. The summed E-state index contributed by atoms with van der Waals surface area (Å²) >= 11 is 17.6. The molecular formula is C15H11Cl3O2S. The highest BCUT2D eigenvalue weighted by Crippen LogP contribution is 2.21. The summed E-state index contributed by atoms with van der Waals surface area (Å²) < 4.78 is 12.1. The predicted molar refractivity (Wildman–Crippen MR) is 89.0 cm³/mol. The molecule has 0 radical (unpaired) electrons. The van der Waals surface area contributed by atoms with Crippen LogP contribution in [0.4, 0.5) is 0 Å². The van der Waals surface area contributed by atoms with E-state index in [1.807, 2.05) is 0 Å². The van der Waals surface area contributed by atoms with Crippen molar-refractivity contribution in [1.29, 1.82) is 0 Å². The second-order valence-electron chi connectivity index (χ2n) is 4.40. The van der Waals surface area contributed by atoms with E-state index in [2.05, 4.69) is 0 Å². The monoisotopic (exact) mass is 360 g/mol. The van der Waals surface area contributed by atoms with Gasteiger partial charge in [0, 0.05) is 32.2 Å². The van der Waals surface area contributed by atoms with Gasteiger partial charge in [0.2, 0.25) is 0 Å². The molecule has 2 rings (SSSR count). The Balaban J connectivity index is 2.03. The van der Waals surface area contributed by atoms with Crippen LogP contribution in [-0.2, 0) is 16.6 Å². The van der Waals surface area contributed by atoms with Crippen LogP contribution in [0.15, 0.2) is 42.5 Å². The predicted octanol–water partition coefficient (Wildman–Crippen LogP) is 4.78. The molecule has 0 heterocycles. The van der Waals surface area contributed by atoms with E-state index in [1.54, 1.807) is 36.4 Å². The molecular weight excluding hydrogens is 351 g/mol. The Morgan fingerprint density at radius 3 is 2.24 bits per heavy atom. The average Bonchev–Trinajstić information content (AvgIpc) is 2.44. The molecule has 0 bridgehead atoms. The van der Waals surface area contributed by atoms with E-state index in [0.29, 0.717) is 26.4 Å². The zero-order valence-electron chi connectivity index (χ0n) is 10.8. The topological polar surface area (TPSA) is 34.1 Å². The molecule has 0 saturated carbocycles. The number of rotatable bonds is 5. The van der Waals surface area contributed by atoms with Crippen LogP contribution in [0.25, 0.3) is 0 Å². The van der Waals surface area contributed by atoms with Gasteiger partial charge < -0.3 is 0 Å². The van der Waals surface area contributed by atoms with Gasteiger partial charge >= 0.3 is 0 Å². The molecule has 0 aromatic heterocycles. The van der Waals surface area contributed by atoms with E-state index in [1.165, 1.54) is 6.07 Å². The van der Waals surface area contributed by atoms with Gasteiger partial charge in [-0.3, -0.25) is 9.00 Å². The van der Waals surface area contributed by atoms with Crippen molar-refractivity contribution in [3.63, 3.8) is 0 Å². The molecule has 2 aromatic rings. The number of Topliss-reactive ketones (excluding diaryl/α,β-unsaturated/α-hetero) is 1. The maximum atomic E-state index is 12.1. The minimum absolute atomic E-state index is 0.0946. The van der Waals surface area contributed by atoms with Crippen LogP contribution in [0.3, 0.4) is 0 Å². The van der Waals surface area contributed by atoms with Gasteiger partial charge in [0.05, 0.1) is 10.8 Å². The van der Waals surface area contributed by atoms with Gasteiger partial charge in [-0.1, -0.05) is 46.9 Å². The van der Waals surface area contributed by atoms with Crippen molar-refractivity contribution < 1.29 is 9.00 Å². The van der Waals surface area contributed by atoms with Gasteiger partial charge in [-0.05, 0) is 35.9 Å². The number of benzene rings is 2. The lowest BCUT2D eigenvalue weighted by Crippen LogP contribution is -2.13. The minimum atomic E-state index is -1.32. The molecule has 110 valence electrons. The zero-order valence-corrected chi connectivity index (χ0v) is 13.9. The molecule has 0 N–H and O–H groups in total. The summed E-state index contributed by atoms with van der Waals surface area (Å²) in [6.07, 6.45) is 0. The summed E-state index contributed by atoms with van der Waals surface area (Å²) in [7, 11) is -1.32. The highest BCUT2D eigenvalue weighted by Gasteiger charge is 2.14. The van der Waals surface area contributed by atoms with Crippen LogP contribution in [-0.4, -0.2) is 15.7 Å². The molecule has 0 amide bonds. The SMILES string of the molecule is O=C(CS(=O)Cc1ccc(Cl)cc1)c1cc(Cl)ccc1Cl. The van der Waals surface area contributed by atoms with Crippen molar-refractivity contribution in [2.24, 2.45) is 0 Å². The van der Waals surface area contributed by atoms with Crippen LogP contribution in [0, 0.1) is 0 Å². The lowest BCUT2D eigenvalue weighted by molar-refractivity contribution is 0.102. The van der Waals surface area contributed by atoms with Crippen molar-refractivity contribution in [3.8, 4) is 0 Å². The lowest BCUT2D eigenvalue weighted by atomic mass is 10.1. The smallest absolute Gasteiger partial charge is 0.176 e. The molecule has 21 heavy (non-hydrogen) atoms. The molecule has 1 atom stereocenters. The first-order valence-corrected chi connectivity index (χ1v) is 8.65. The molecule has 2 nitrogen and oxygen atoms in total. The fraction of sp³-hybridized carbons (Fsp3) is 0.133. The molecule has 0 aliphatic rings. The third kappa shape index (κ3) is 4.82. The summed E-state index contributed by atoms with van der Waals surface area (Å²) in [5.74, 6) is -0.0844. The standard InChI is InChI=1S/C15H11Cl3O2S/c16-11-3-1-10(2-4-11)8-21(20)9-15(19)13-7-12(17)5-6-14(13)18/h1-7H,8-9H2. The van der Waals surface area contributed by atoms with E-state index in [9.17, 15) is 9.00 Å². The van der Waals surface area contributed by atoms with Crippen molar-refractivity contribution in [2.75, 3.05) is 5.75 Å². The van der Waals surface area contributed by atoms with E-state index < -0.39 is 10.8 Å². The van der Waals surface area contributed by atoms with Crippen LogP contribution < -0.4 is 0 Å². The second kappa shape index (κ2) is 7.41. The molecule has 1 unspecified atom stereocenters. The first-order chi connectivity index (χ1) is 9.95. The number of ketones is 1. The van der Waals surface area contributed by atoms with Crippen LogP contribution in [0.5, 0.6) is 0 Å². The Labute approximate surface area is 140 Å². The largest absolute Gasteiger partial charge is 0.293 e. The molecule has 0 aliphatic heterocycles. The Morgan fingerprint density at radius 2 is 1.57 bits per heavy atom. The molecule has 0 aliphatic carbocycles. The number of hydrogen-bond acceptors (Lipinski definition) is 2. The van der Waals surface area contributed by atoms with E-state index >= 15 is 0 Å². The van der Waals surface area contributed by atoms with E-state index in [4.69, 9.17) is 34.8 Å². The molecule has 6 heteroatoms. The fourth-order valence-electron chi connectivity index (χ4n) is 1.75. The summed E-state index contributed by atoms with van der Waals surface area (Å²) in [6.45, 7) is 0. The number of hydrogen-bond donors (Lipinski definition) is 0. The van der Waals surface area contributed by atoms with Crippen molar-refractivity contribution in [3.05, 3.63) is 68.7 Å². The van der Waals surface area contributed by atoms with Gasteiger partial charge in [-0.25, -0.2) is 0 Å². The first-order valence-electron chi connectivity index (χ1n) is 6.03. The minimum Gasteiger partial charge on any atom is -0.293 e. The highest BCUT2D eigenvalue weighted by molar-refractivity contribution is 7.85. The zero-order chi connectivity index (χ0) is 15.4. The third-order valence-electron chi connectivity index (χ3n) is 2.76. The number of carbonyl (C=O) groups excluding carboxylic acids is 1. The van der Waals surface area contributed by atoms with Crippen LogP contribution in [0.2, 0.25) is 15.1 Å². The van der Waals surface area contributed by atoms with Gasteiger partial charge in [0.25, 0.3) is 0 Å². The lowest BCUT2D eigenvalue weighted by Gasteiger charge is -2.05. The summed E-state index contributed by atoms with van der Waals surface area (Å²) in [5, 5.41) is 1.35. The summed E-state index contributed by atoms with van der Waals surface area (Å²) in [6, 6.07) is 11.7. The van der Waals surface area contributed by atoms with Crippen molar-refractivity contribution >= 4 is 51.4 Å². The molecule has 0 fully saturated rings. The quantitative estimate of drug-likeness (QED) is 0.718. The van der Waals surface area contributed by atoms with Crippen molar-refractivity contribution in [2.45, 2.75) is 5.75 Å². The molecule has 2 aromatic carbocycles. The summed E-state index contributed by atoms with van der Waals surface area (Å²) in [5.41, 5.74) is 1.16. The normalized spacial score (nSPS) is 12.1. The summed E-state index contributed by atoms with van der Waals surface area (Å²) in [4.78, 5) is 12.1. The number of halogens is 3. The Morgan fingerprint density at radius 1 is 0.952 bits per heavy atom. The van der Waals surface area contributed by atoms with Crippen molar-refractivity contribution in [1.82, 2.24) is 0 Å². The Kier molecular flexibility index (Phi) is 5.82. The van der Waals surface area contributed by atoms with E-state index in [0.717, 1.165) is 5.56 Å². The number of carbonyl (C=O) groups is 1. The fourth-order valence-corrected chi connectivity index (χ4v) is 3.39. The first kappa shape index (κ1) is 16.5. The van der Waals surface area contributed by atoms with Gasteiger partial charge in [0.1, 0.15) is 0 Å². The molecule has 0 spiro atoms. The maximum absolute atomic E-state index is 12.1. The Hall–Kier alpha value is -0.870. The van der Waals surface area contributed by atoms with Gasteiger partial charge in [-0.15, -0.1) is 0 Å². The Bertz CT molecular complexity index is 684. The maximum Gasteiger partial charge on any atom is 0.176 e. The average molecular weight is 362 g/mol. The van der Waals surface area contributed by atoms with Gasteiger partial charge in [0.15, 0.2) is 5.78 Å². The van der Waals surface area contributed by atoms with E-state index in [-0.39, 0.29) is 11.5 Å². The second-order valence-corrected chi connectivity index (χ2v) is 7.14. The molecule has 0 saturated heterocycles. The van der Waals surface area contributed by atoms with Crippen LogP contribution >= 0.6 is 34.8 Å².